The van der Waals surface area contributed by atoms with Gasteiger partial charge in [-0.25, -0.2) is 9.59 Å². The monoisotopic (exact) mass is 162 g/mol. The van der Waals surface area contributed by atoms with Crippen molar-refractivity contribution in [2.75, 3.05) is 13.7 Å². The summed E-state index contributed by atoms with van der Waals surface area (Å²) in [4.78, 5) is 20.9. The zero-order valence-corrected chi connectivity index (χ0v) is 6.36. The van der Waals surface area contributed by atoms with Crippen LogP contribution in [-0.2, 0) is 19.1 Å². The van der Waals surface area contributed by atoms with E-state index in [1.807, 2.05) is 0 Å². The fraction of sp³-hybridized carbons (Fsp3) is 0.667. The number of carbonyl (C=O) groups is 2. The SMILES string of the molecule is COC(=O)C(C)OC(=O)CO. The van der Waals surface area contributed by atoms with Crippen LogP contribution in [0, 0.1) is 0 Å². The lowest BCUT2D eigenvalue weighted by Gasteiger charge is -2.08. The summed E-state index contributed by atoms with van der Waals surface area (Å²) in [6.07, 6.45) is -0.959. The first-order chi connectivity index (χ1) is 5.11. The topological polar surface area (TPSA) is 72.8 Å². The first-order valence-electron chi connectivity index (χ1n) is 3.00. The summed E-state index contributed by atoms with van der Waals surface area (Å²) in [5, 5.41) is 8.21. The molecule has 1 N–H and O–H groups in total. The van der Waals surface area contributed by atoms with Crippen LogP contribution < -0.4 is 0 Å². The molecule has 0 amide bonds. The molecule has 0 spiro atoms. The standard InChI is InChI=1S/C6H10O5/c1-4(6(9)10-2)11-5(8)3-7/h4,7H,3H2,1-2H3. The Kier molecular flexibility index (Phi) is 4.21. The maximum Gasteiger partial charge on any atom is 0.346 e. The van der Waals surface area contributed by atoms with Crippen molar-refractivity contribution in [3.05, 3.63) is 0 Å². The molecule has 1 atom stereocenters. The quantitative estimate of drug-likeness (QED) is 0.543. The van der Waals surface area contributed by atoms with Gasteiger partial charge in [0.15, 0.2) is 6.10 Å². The number of esters is 2. The van der Waals surface area contributed by atoms with Crippen molar-refractivity contribution >= 4 is 11.9 Å². The van der Waals surface area contributed by atoms with Gasteiger partial charge in [0.25, 0.3) is 0 Å². The third-order valence-corrected chi connectivity index (χ3v) is 0.970. The van der Waals surface area contributed by atoms with Gasteiger partial charge in [-0.3, -0.25) is 0 Å². The predicted molar refractivity (Wildman–Crippen MR) is 34.7 cm³/mol. The van der Waals surface area contributed by atoms with Gasteiger partial charge in [0, 0.05) is 0 Å². The van der Waals surface area contributed by atoms with Gasteiger partial charge < -0.3 is 14.6 Å². The summed E-state index contributed by atoms with van der Waals surface area (Å²) < 4.78 is 8.65. The van der Waals surface area contributed by atoms with Crippen LogP contribution in [0.2, 0.25) is 0 Å². The molecule has 0 saturated heterocycles. The molecule has 0 radical (unpaired) electrons. The number of aliphatic hydroxyl groups is 1. The van der Waals surface area contributed by atoms with Crippen LogP contribution in [0.25, 0.3) is 0 Å². The summed E-state index contributed by atoms with van der Waals surface area (Å²) >= 11 is 0. The molecular formula is C6H10O5. The number of carbonyl (C=O) groups excluding carboxylic acids is 2. The molecule has 0 saturated carbocycles. The van der Waals surface area contributed by atoms with Gasteiger partial charge in [0.2, 0.25) is 0 Å². The van der Waals surface area contributed by atoms with E-state index in [0.29, 0.717) is 0 Å². The Bertz CT molecular complexity index is 153. The van der Waals surface area contributed by atoms with Crippen molar-refractivity contribution < 1.29 is 24.2 Å². The summed E-state index contributed by atoms with van der Waals surface area (Å²) in [6, 6.07) is 0. The highest BCUT2D eigenvalue weighted by Crippen LogP contribution is 1.93. The second kappa shape index (κ2) is 4.68. The summed E-state index contributed by atoms with van der Waals surface area (Å²) in [5.74, 6) is -1.49. The third-order valence-electron chi connectivity index (χ3n) is 0.970. The molecule has 0 heterocycles. The second-order valence-electron chi connectivity index (χ2n) is 1.81. The van der Waals surface area contributed by atoms with Crippen molar-refractivity contribution in [3.8, 4) is 0 Å². The van der Waals surface area contributed by atoms with Gasteiger partial charge in [0.1, 0.15) is 6.61 Å². The number of hydrogen-bond acceptors (Lipinski definition) is 5. The zero-order chi connectivity index (χ0) is 8.85. The lowest BCUT2D eigenvalue weighted by Crippen LogP contribution is -2.26. The van der Waals surface area contributed by atoms with E-state index in [1.54, 1.807) is 0 Å². The van der Waals surface area contributed by atoms with Crippen LogP contribution in [0.4, 0.5) is 0 Å². The lowest BCUT2D eigenvalue weighted by molar-refractivity contribution is -0.166. The largest absolute Gasteiger partial charge is 0.466 e. The van der Waals surface area contributed by atoms with E-state index >= 15 is 0 Å². The van der Waals surface area contributed by atoms with Gasteiger partial charge >= 0.3 is 11.9 Å². The number of ether oxygens (including phenoxy) is 2. The van der Waals surface area contributed by atoms with Gasteiger partial charge in [-0.1, -0.05) is 0 Å². The smallest absolute Gasteiger partial charge is 0.346 e. The molecule has 0 bridgehead atoms. The van der Waals surface area contributed by atoms with Crippen molar-refractivity contribution in [1.82, 2.24) is 0 Å². The van der Waals surface area contributed by atoms with Crippen LogP contribution >= 0.6 is 0 Å². The highest BCUT2D eigenvalue weighted by atomic mass is 16.6. The van der Waals surface area contributed by atoms with Crippen LogP contribution in [0.1, 0.15) is 6.92 Å². The van der Waals surface area contributed by atoms with Gasteiger partial charge in [-0.05, 0) is 6.92 Å². The number of methoxy groups -OCH3 is 1. The van der Waals surface area contributed by atoms with Gasteiger partial charge in [-0.15, -0.1) is 0 Å². The van der Waals surface area contributed by atoms with E-state index in [0.717, 1.165) is 0 Å². The Hall–Kier alpha value is -1.10. The fourth-order valence-electron chi connectivity index (χ4n) is 0.449. The summed E-state index contributed by atoms with van der Waals surface area (Å²) in [7, 11) is 1.19. The highest BCUT2D eigenvalue weighted by molar-refractivity contribution is 5.79. The number of aliphatic hydroxyl groups excluding tert-OH is 1. The maximum absolute atomic E-state index is 10.6. The molecular weight excluding hydrogens is 152 g/mol. The van der Waals surface area contributed by atoms with Crippen LogP contribution in [0.15, 0.2) is 0 Å². The normalized spacial score (nSPS) is 11.9. The first kappa shape index (κ1) is 9.90. The molecule has 11 heavy (non-hydrogen) atoms. The van der Waals surface area contributed by atoms with Crippen LogP contribution in [0.5, 0.6) is 0 Å². The average Bonchev–Trinajstić information content (AvgIpc) is 2.02. The van der Waals surface area contributed by atoms with Crippen molar-refractivity contribution in [2.24, 2.45) is 0 Å². The van der Waals surface area contributed by atoms with Crippen LogP contribution in [-0.4, -0.2) is 36.9 Å². The molecule has 0 rings (SSSR count). The number of hydrogen-bond donors (Lipinski definition) is 1. The second-order valence-corrected chi connectivity index (χ2v) is 1.81. The van der Waals surface area contributed by atoms with E-state index in [9.17, 15) is 9.59 Å². The molecule has 0 fully saturated rings. The molecule has 64 valence electrons. The Morgan fingerprint density at radius 2 is 2.09 bits per heavy atom. The van der Waals surface area contributed by atoms with Crippen molar-refractivity contribution in [1.29, 1.82) is 0 Å². The molecule has 0 aliphatic rings. The molecule has 0 aromatic heterocycles. The predicted octanol–water partition coefficient (Wildman–Crippen LogP) is -0.917. The molecule has 0 aliphatic heterocycles. The fourth-order valence-corrected chi connectivity index (χ4v) is 0.449. The number of rotatable bonds is 3. The van der Waals surface area contributed by atoms with E-state index < -0.39 is 24.6 Å². The Balaban J connectivity index is 3.77. The molecule has 0 aliphatic carbocycles. The Labute approximate surface area is 63.9 Å². The maximum atomic E-state index is 10.6. The highest BCUT2D eigenvalue weighted by Gasteiger charge is 2.16. The molecule has 5 heteroatoms. The first-order valence-corrected chi connectivity index (χ1v) is 3.00. The molecule has 1 unspecified atom stereocenters. The van der Waals surface area contributed by atoms with E-state index in [2.05, 4.69) is 9.47 Å². The summed E-state index contributed by atoms with van der Waals surface area (Å²) in [6.45, 7) is 0.626. The minimum absolute atomic E-state index is 0.646. The minimum Gasteiger partial charge on any atom is -0.466 e. The van der Waals surface area contributed by atoms with Crippen LogP contribution in [0.3, 0.4) is 0 Å². The lowest BCUT2D eigenvalue weighted by atomic mass is 10.4. The van der Waals surface area contributed by atoms with Crippen molar-refractivity contribution in [2.45, 2.75) is 13.0 Å². The molecule has 0 aromatic carbocycles. The summed E-state index contributed by atoms with van der Waals surface area (Å²) in [5.41, 5.74) is 0. The third kappa shape index (κ3) is 3.57. The zero-order valence-electron chi connectivity index (χ0n) is 6.36. The minimum atomic E-state index is -0.959. The van der Waals surface area contributed by atoms with Gasteiger partial charge in [-0.2, -0.15) is 0 Å². The Morgan fingerprint density at radius 3 is 2.45 bits per heavy atom. The van der Waals surface area contributed by atoms with Crippen molar-refractivity contribution in [3.63, 3.8) is 0 Å². The van der Waals surface area contributed by atoms with E-state index in [4.69, 9.17) is 5.11 Å². The van der Waals surface area contributed by atoms with E-state index in [-0.39, 0.29) is 0 Å². The molecule has 0 aromatic rings. The van der Waals surface area contributed by atoms with Gasteiger partial charge in [0.05, 0.1) is 7.11 Å². The van der Waals surface area contributed by atoms with E-state index in [1.165, 1.54) is 14.0 Å². The molecule has 5 nitrogen and oxygen atoms in total. The average molecular weight is 162 g/mol. The Morgan fingerprint density at radius 1 is 1.55 bits per heavy atom.